The van der Waals surface area contributed by atoms with Crippen LogP contribution in [0.2, 0.25) is 0 Å². The summed E-state index contributed by atoms with van der Waals surface area (Å²) in [6.45, 7) is 3.03. The van der Waals surface area contributed by atoms with Crippen molar-refractivity contribution in [2.75, 3.05) is 18.0 Å². The lowest BCUT2D eigenvalue weighted by atomic mass is 9.86. The fourth-order valence-electron chi connectivity index (χ4n) is 4.35. The molecular weight excluding hydrogens is 360 g/mol. The molecule has 1 unspecified atom stereocenters. The minimum absolute atomic E-state index is 0.0883. The number of benzene rings is 2. The van der Waals surface area contributed by atoms with E-state index in [9.17, 15) is 13.2 Å². The number of hydrogen-bond acceptors (Lipinski definition) is 3. The van der Waals surface area contributed by atoms with Gasteiger partial charge in [-0.2, -0.15) is 4.31 Å². The van der Waals surface area contributed by atoms with E-state index in [0.29, 0.717) is 32.4 Å². The number of amides is 1. The summed E-state index contributed by atoms with van der Waals surface area (Å²) in [7, 11) is -3.71. The molecule has 2 aromatic rings. The van der Waals surface area contributed by atoms with E-state index in [1.165, 1.54) is 4.31 Å². The maximum Gasteiger partial charge on any atom is 0.248 e. The third-order valence-electron chi connectivity index (χ3n) is 5.72. The van der Waals surface area contributed by atoms with Crippen LogP contribution < -0.4 is 4.90 Å². The van der Waals surface area contributed by atoms with Crippen LogP contribution in [0.4, 0.5) is 5.69 Å². The zero-order valence-electron chi connectivity index (χ0n) is 15.5. The van der Waals surface area contributed by atoms with Crippen LogP contribution in [0.1, 0.15) is 31.2 Å². The molecule has 27 heavy (non-hydrogen) atoms. The normalized spacial score (nSPS) is 23.9. The van der Waals surface area contributed by atoms with Crippen molar-refractivity contribution in [3.63, 3.8) is 0 Å². The minimum atomic E-state index is -3.71. The SMILES string of the molecule is Cc1ccc(N2CCCC3(CCCN3S(=O)(=O)c3ccccc3)C2=O)cc1. The van der Waals surface area contributed by atoms with E-state index in [1.54, 1.807) is 35.2 Å². The summed E-state index contributed by atoms with van der Waals surface area (Å²) in [6, 6.07) is 16.3. The van der Waals surface area contributed by atoms with Gasteiger partial charge in [0.2, 0.25) is 15.9 Å². The Labute approximate surface area is 160 Å². The quantitative estimate of drug-likeness (QED) is 0.815. The summed E-state index contributed by atoms with van der Waals surface area (Å²) in [4.78, 5) is 15.6. The smallest absolute Gasteiger partial charge is 0.248 e. The Morgan fingerprint density at radius 1 is 0.889 bits per heavy atom. The lowest BCUT2D eigenvalue weighted by Gasteiger charge is -2.43. The lowest BCUT2D eigenvalue weighted by Crippen LogP contribution is -2.61. The topological polar surface area (TPSA) is 57.7 Å². The Morgan fingerprint density at radius 2 is 1.52 bits per heavy atom. The van der Waals surface area contributed by atoms with Crippen LogP contribution in [0.5, 0.6) is 0 Å². The molecule has 2 aliphatic rings. The first-order valence-corrected chi connectivity index (χ1v) is 10.9. The second-order valence-corrected chi connectivity index (χ2v) is 9.28. The largest absolute Gasteiger partial charge is 0.311 e. The van der Waals surface area contributed by atoms with E-state index in [1.807, 2.05) is 31.2 Å². The van der Waals surface area contributed by atoms with Crippen LogP contribution in [0.15, 0.2) is 59.5 Å². The Bertz CT molecular complexity index is 941. The summed E-state index contributed by atoms with van der Waals surface area (Å²) >= 11 is 0. The number of hydrogen-bond donors (Lipinski definition) is 0. The van der Waals surface area contributed by atoms with Gasteiger partial charge in [0.05, 0.1) is 4.90 Å². The number of sulfonamides is 1. The van der Waals surface area contributed by atoms with E-state index in [-0.39, 0.29) is 10.8 Å². The molecule has 142 valence electrons. The average Bonchev–Trinajstić information content (AvgIpc) is 3.11. The number of carbonyl (C=O) groups excluding carboxylic acids is 1. The van der Waals surface area contributed by atoms with Crippen molar-refractivity contribution in [1.29, 1.82) is 0 Å². The zero-order chi connectivity index (χ0) is 19.1. The first kappa shape index (κ1) is 18.2. The maximum atomic E-state index is 13.5. The van der Waals surface area contributed by atoms with E-state index in [0.717, 1.165) is 17.7 Å². The van der Waals surface area contributed by atoms with Crippen molar-refractivity contribution >= 4 is 21.6 Å². The van der Waals surface area contributed by atoms with Crippen LogP contribution in [-0.4, -0.2) is 37.3 Å². The Balaban J connectivity index is 1.72. The van der Waals surface area contributed by atoms with Crippen molar-refractivity contribution in [2.45, 2.75) is 43.0 Å². The summed E-state index contributed by atoms with van der Waals surface area (Å²) in [5, 5.41) is 0. The second-order valence-electron chi connectivity index (χ2n) is 7.42. The van der Waals surface area contributed by atoms with Crippen LogP contribution in [0, 0.1) is 6.92 Å². The van der Waals surface area contributed by atoms with Gasteiger partial charge in [0.25, 0.3) is 0 Å². The Hall–Kier alpha value is -2.18. The molecule has 6 heteroatoms. The summed E-state index contributed by atoms with van der Waals surface area (Å²) in [6.07, 6.45) is 2.67. The molecule has 0 N–H and O–H groups in total. The molecule has 2 saturated heterocycles. The zero-order valence-corrected chi connectivity index (χ0v) is 16.3. The van der Waals surface area contributed by atoms with Gasteiger partial charge < -0.3 is 4.90 Å². The lowest BCUT2D eigenvalue weighted by molar-refractivity contribution is -0.128. The van der Waals surface area contributed by atoms with Crippen molar-refractivity contribution < 1.29 is 13.2 Å². The standard InChI is InChI=1S/C21H24N2O3S/c1-17-9-11-18(12-10-17)22-15-5-13-21(20(22)24)14-6-16-23(21)27(25,26)19-7-3-2-4-8-19/h2-4,7-12H,5-6,13-16H2,1H3. The number of rotatable bonds is 3. The monoisotopic (exact) mass is 384 g/mol. The molecule has 0 saturated carbocycles. The second kappa shape index (κ2) is 6.77. The predicted molar refractivity (Wildman–Crippen MR) is 105 cm³/mol. The number of aryl methyl sites for hydroxylation is 1. The van der Waals surface area contributed by atoms with Crippen molar-refractivity contribution in [3.05, 3.63) is 60.2 Å². The fraction of sp³-hybridized carbons (Fsp3) is 0.381. The summed E-state index contributed by atoms with van der Waals surface area (Å²) in [5.74, 6) is -0.0883. The first-order chi connectivity index (χ1) is 12.9. The molecule has 1 spiro atoms. The molecule has 5 nitrogen and oxygen atoms in total. The van der Waals surface area contributed by atoms with Gasteiger partial charge in [-0.1, -0.05) is 35.9 Å². The van der Waals surface area contributed by atoms with Gasteiger partial charge in [0.1, 0.15) is 5.54 Å². The predicted octanol–water partition coefficient (Wildman–Crippen LogP) is 3.35. The highest BCUT2D eigenvalue weighted by Crippen LogP contribution is 2.42. The Morgan fingerprint density at radius 3 is 2.19 bits per heavy atom. The summed E-state index contributed by atoms with van der Waals surface area (Å²) < 4.78 is 28.1. The highest BCUT2D eigenvalue weighted by Gasteiger charge is 2.55. The molecule has 1 atom stereocenters. The van der Waals surface area contributed by atoms with E-state index in [4.69, 9.17) is 0 Å². The van der Waals surface area contributed by atoms with Crippen molar-refractivity contribution in [2.24, 2.45) is 0 Å². The molecule has 4 rings (SSSR count). The molecule has 2 aromatic carbocycles. The number of nitrogens with zero attached hydrogens (tertiary/aromatic N) is 2. The molecule has 0 bridgehead atoms. The Kier molecular flexibility index (Phi) is 4.56. The van der Waals surface area contributed by atoms with Gasteiger partial charge in [-0.25, -0.2) is 8.42 Å². The molecule has 0 aromatic heterocycles. The summed E-state index contributed by atoms with van der Waals surface area (Å²) in [5.41, 5.74) is 1.01. The van der Waals surface area contributed by atoms with Gasteiger partial charge in [-0.15, -0.1) is 0 Å². The van der Waals surface area contributed by atoms with Crippen LogP contribution in [0.3, 0.4) is 0 Å². The van der Waals surface area contributed by atoms with Gasteiger partial charge in [-0.3, -0.25) is 4.79 Å². The number of piperidine rings is 1. The highest BCUT2D eigenvalue weighted by atomic mass is 32.2. The van der Waals surface area contributed by atoms with Gasteiger partial charge in [-0.05, 0) is 56.9 Å². The molecule has 2 fully saturated rings. The molecule has 2 aliphatic heterocycles. The van der Waals surface area contributed by atoms with Gasteiger partial charge >= 0.3 is 0 Å². The highest BCUT2D eigenvalue weighted by molar-refractivity contribution is 7.89. The molecule has 1 amide bonds. The van der Waals surface area contributed by atoms with E-state index in [2.05, 4.69) is 0 Å². The van der Waals surface area contributed by atoms with Crippen LogP contribution in [0.25, 0.3) is 0 Å². The number of anilines is 1. The molecule has 0 aliphatic carbocycles. The number of carbonyl (C=O) groups is 1. The molecule has 0 radical (unpaired) electrons. The molecular formula is C21H24N2O3S. The first-order valence-electron chi connectivity index (χ1n) is 9.42. The fourth-order valence-corrected chi connectivity index (χ4v) is 6.19. The van der Waals surface area contributed by atoms with E-state index >= 15 is 0 Å². The third kappa shape index (κ3) is 2.97. The van der Waals surface area contributed by atoms with Gasteiger partial charge in [0, 0.05) is 18.8 Å². The van der Waals surface area contributed by atoms with Gasteiger partial charge in [0.15, 0.2) is 0 Å². The van der Waals surface area contributed by atoms with E-state index < -0.39 is 15.6 Å². The maximum absolute atomic E-state index is 13.5. The van der Waals surface area contributed by atoms with Crippen LogP contribution >= 0.6 is 0 Å². The third-order valence-corrected chi connectivity index (χ3v) is 7.70. The van der Waals surface area contributed by atoms with Crippen LogP contribution in [-0.2, 0) is 14.8 Å². The average molecular weight is 385 g/mol. The minimum Gasteiger partial charge on any atom is -0.311 e. The van der Waals surface area contributed by atoms with Crippen molar-refractivity contribution in [1.82, 2.24) is 4.31 Å². The molecule has 2 heterocycles. The van der Waals surface area contributed by atoms with Crippen molar-refractivity contribution in [3.8, 4) is 0 Å².